The molecule has 94 valence electrons. The van der Waals surface area contributed by atoms with Crippen LogP contribution in [0.15, 0.2) is 0 Å². The minimum atomic E-state index is 0.0591. The second-order valence-corrected chi connectivity index (χ2v) is 4.39. The number of carbonyl (C=O) groups excluding carboxylic acids is 1. The third-order valence-corrected chi connectivity index (χ3v) is 2.91. The number of rotatable bonds is 9. The summed E-state index contributed by atoms with van der Waals surface area (Å²) in [7, 11) is 0. The number of hydrogen-bond acceptors (Lipinski definition) is 3. The van der Waals surface area contributed by atoms with Crippen LogP contribution in [0.1, 0.15) is 57.8 Å². The number of hydrogen-bond donors (Lipinski definition) is 0. The molecule has 0 saturated carbocycles. The average Bonchev–Trinajstić information content (AvgIpc) is 2.34. The van der Waals surface area contributed by atoms with Crippen LogP contribution >= 0.6 is 0 Å². The highest BCUT2D eigenvalue weighted by molar-refractivity contribution is 5.48. The molecule has 0 spiro atoms. The van der Waals surface area contributed by atoms with E-state index in [1.807, 2.05) is 0 Å². The van der Waals surface area contributed by atoms with Gasteiger partial charge >= 0.3 is 0 Å². The van der Waals surface area contributed by atoms with Crippen LogP contribution in [0.2, 0.25) is 0 Å². The zero-order valence-electron chi connectivity index (χ0n) is 10.2. The fourth-order valence-electron chi connectivity index (χ4n) is 1.92. The highest BCUT2D eigenvalue weighted by Gasteiger charge is 2.12. The third-order valence-electron chi connectivity index (χ3n) is 2.91. The lowest BCUT2D eigenvalue weighted by Crippen LogP contribution is -2.22. The van der Waals surface area contributed by atoms with Gasteiger partial charge in [-0.1, -0.05) is 19.3 Å². The summed E-state index contributed by atoms with van der Waals surface area (Å²) in [5, 5.41) is 0. The van der Waals surface area contributed by atoms with Crippen molar-refractivity contribution in [3.05, 3.63) is 0 Å². The Bertz CT molecular complexity index is 165. The van der Waals surface area contributed by atoms with Gasteiger partial charge in [-0.3, -0.25) is 0 Å². The summed E-state index contributed by atoms with van der Waals surface area (Å²) >= 11 is 0. The molecular formula is C13H24O3. The maximum absolute atomic E-state index is 10.1. The summed E-state index contributed by atoms with van der Waals surface area (Å²) in [6.07, 6.45) is 11.0. The highest BCUT2D eigenvalue weighted by Crippen LogP contribution is 2.14. The summed E-state index contributed by atoms with van der Waals surface area (Å²) in [4.78, 5) is 10.1. The SMILES string of the molecule is O=CCCCCCCCOC1CCCCO1. The molecule has 16 heavy (non-hydrogen) atoms. The number of unbranched alkanes of at least 4 members (excludes halogenated alkanes) is 5. The lowest BCUT2D eigenvalue weighted by molar-refractivity contribution is -0.162. The van der Waals surface area contributed by atoms with E-state index >= 15 is 0 Å². The van der Waals surface area contributed by atoms with E-state index in [2.05, 4.69) is 0 Å². The van der Waals surface area contributed by atoms with Gasteiger partial charge < -0.3 is 14.3 Å². The zero-order valence-corrected chi connectivity index (χ0v) is 10.2. The first-order valence-electron chi connectivity index (χ1n) is 6.60. The Morgan fingerprint density at radius 2 is 1.94 bits per heavy atom. The Morgan fingerprint density at radius 3 is 2.69 bits per heavy atom. The molecule has 0 N–H and O–H groups in total. The molecule has 0 bridgehead atoms. The van der Waals surface area contributed by atoms with Crippen molar-refractivity contribution in [1.29, 1.82) is 0 Å². The van der Waals surface area contributed by atoms with Gasteiger partial charge in [-0.15, -0.1) is 0 Å². The van der Waals surface area contributed by atoms with Gasteiger partial charge in [0.25, 0.3) is 0 Å². The third kappa shape index (κ3) is 6.96. The first-order valence-corrected chi connectivity index (χ1v) is 6.60. The summed E-state index contributed by atoms with van der Waals surface area (Å²) in [5.41, 5.74) is 0. The largest absolute Gasteiger partial charge is 0.353 e. The first-order chi connectivity index (χ1) is 7.93. The molecule has 0 radical (unpaired) electrons. The molecule has 1 unspecified atom stereocenters. The van der Waals surface area contributed by atoms with Gasteiger partial charge in [0.05, 0.1) is 0 Å². The van der Waals surface area contributed by atoms with E-state index in [9.17, 15) is 4.79 Å². The van der Waals surface area contributed by atoms with Gasteiger partial charge in [0.2, 0.25) is 0 Å². The Balaban J connectivity index is 1.78. The van der Waals surface area contributed by atoms with Crippen LogP contribution in [0.4, 0.5) is 0 Å². The van der Waals surface area contributed by atoms with Crippen LogP contribution in [-0.4, -0.2) is 25.8 Å². The molecule has 1 aliphatic heterocycles. The van der Waals surface area contributed by atoms with Crippen molar-refractivity contribution in [2.24, 2.45) is 0 Å². The van der Waals surface area contributed by atoms with Gasteiger partial charge in [0.15, 0.2) is 6.29 Å². The summed E-state index contributed by atoms with van der Waals surface area (Å²) in [6.45, 7) is 1.68. The minimum absolute atomic E-state index is 0.0591. The Hall–Kier alpha value is -0.410. The van der Waals surface area contributed by atoms with Gasteiger partial charge in [0, 0.05) is 19.6 Å². The molecule has 1 rings (SSSR count). The average molecular weight is 228 g/mol. The molecule has 0 aromatic carbocycles. The molecule has 1 heterocycles. The number of aldehydes is 1. The number of ether oxygens (including phenoxy) is 2. The molecule has 0 amide bonds. The van der Waals surface area contributed by atoms with Crippen molar-refractivity contribution in [3.8, 4) is 0 Å². The van der Waals surface area contributed by atoms with Gasteiger partial charge in [-0.25, -0.2) is 0 Å². The van der Waals surface area contributed by atoms with E-state index in [1.165, 1.54) is 32.1 Å². The minimum Gasteiger partial charge on any atom is -0.353 e. The molecule has 3 nitrogen and oxygen atoms in total. The topological polar surface area (TPSA) is 35.5 Å². The van der Waals surface area contributed by atoms with Gasteiger partial charge in [-0.05, 0) is 32.1 Å². The van der Waals surface area contributed by atoms with E-state index in [1.54, 1.807) is 0 Å². The second-order valence-electron chi connectivity index (χ2n) is 4.39. The van der Waals surface area contributed by atoms with Crippen LogP contribution in [0.25, 0.3) is 0 Å². The molecule has 1 saturated heterocycles. The van der Waals surface area contributed by atoms with Crippen LogP contribution < -0.4 is 0 Å². The molecule has 3 heteroatoms. The molecule has 0 aromatic rings. The predicted octanol–water partition coefficient (Wildman–Crippen LogP) is 3.07. The zero-order chi connectivity index (χ0) is 11.5. The molecular weight excluding hydrogens is 204 g/mol. The van der Waals surface area contributed by atoms with Gasteiger partial charge in [0.1, 0.15) is 6.29 Å². The molecule has 0 aromatic heterocycles. The van der Waals surface area contributed by atoms with Crippen LogP contribution in [-0.2, 0) is 14.3 Å². The maximum Gasteiger partial charge on any atom is 0.157 e. The van der Waals surface area contributed by atoms with Crippen molar-refractivity contribution in [2.45, 2.75) is 64.1 Å². The second kappa shape index (κ2) is 9.79. The van der Waals surface area contributed by atoms with Crippen LogP contribution in [0.3, 0.4) is 0 Å². The maximum atomic E-state index is 10.1. The highest BCUT2D eigenvalue weighted by atomic mass is 16.7. The lowest BCUT2D eigenvalue weighted by atomic mass is 10.1. The predicted molar refractivity (Wildman–Crippen MR) is 63.3 cm³/mol. The van der Waals surface area contributed by atoms with Crippen molar-refractivity contribution >= 4 is 6.29 Å². The smallest absolute Gasteiger partial charge is 0.157 e. The molecule has 1 fully saturated rings. The molecule has 1 atom stereocenters. The first kappa shape index (κ1) is 13.7. The van der Waals surface area contributed by atoms with E-state index < -0.39 is 0 Å². The monoisotopic (exact) mass is 228 g/mol. The normalized spacial score (nSPS) is 20.9. The summed E-state index contributed by atoms with van der Waals surface area (Å²) in [6, 6.07) is 0. The summed E-state index contributed by atoms with van der Waals surface area (Å²) < 4.78 is 11.1. The van der Waals surface area contributed by atoms with Crippen molar-refractivity contribution in [1.82, 2.24) is 0 Å². The van der Waals surface area contributed by atoms with E-state index in [0.717, 1.165) is 38.8 Å². The Morgan fingerprint density at radius 1 is 1.12 bits per heavy atom. The molecule has 1 aliphatic rings. The number of carbonyl (C=O) groups is 1. The standard InChI is InChI=1S/C13H24O3/c14-10-6-3-1-2-4-7-11-15-13-9-5-8-12-16-13/h10,13H,1-9,11-12H2. The fraction of sp³-hybridized carbons (Fsp3) is 0.923. The fourth-order valence-corrected chi connectivity index (χ4v) is 1.92. The summed E-state index contributed by atoms with van der Waals surface area (Å²) in [5.74, 6) is 0. The van der Waals surface area contributed by atoms with E-state index in [4.69, 9.17) is 9.47 Å². The van der Waals surface area contributed by atoms with E-state index in [-0.39, 0.29) is 6.29 Å². The van der Waals surface area contributed by atoms with Gasteiger partial charge in [-0.2, -0.15) is 0 Å². The van der Waals surface area contributed by atoms with Crippen molar-refractivity contribution in [2.75, 3.05) is 13.2 Å². The Labute approximate surface area is 98.5 Å². The van der Waals surface area contributed by atoms with Crippen molar-refractivity contribution in [3.63, 3.8) is 0 Å². The van der Waals surface area contributed by atoms with Crippen LogP contribution in [0.5, 0.6) is 0 Å². The van der Waals surface area contributed by atoms with E-state index in [0.29, 0.717) is 6.42 Å². The van der Waals surface area contributed by atoms with Crippen molar-refractivity contribution < 1.29 is 14.3 Å². The lowest BCUT2D eigenvalue weighted by Gasteiger charge is -2.22. The molecule has 0 aliphatic carbocycles. The van der Waals surface area contributed by atoms with Crippen LogP contribution in [0, 0.1) is 0 Å². The quantitative estimate of drug-likeness (QED) is 0.449. The Kier molecular flexibility index (Phi) is 8.35.